The van der Waals surface area contributed by atoms with Gasteiger partial charge in [0.2, 0.25) is 6.79 Å². The second-order valence-electron chi connectivity index (χ2n) is 6.28. The number of carbonyl (C=O) groups excluding carboxylic acids is 1. The van der Waals surface area contributed by atoms with Gasteiger partial charge in [-0.25, -0.2) is 4.39 Å². The highest BCUT2D eigenvalue weighted by atomic mass is 32.2. The quantitative estimate of drug-likeness (QED) is 0.626. The third kappa shape index (κ3) is 3.07. The van der Waals surface area contributed by atoms with Crippen LogP contribution in [-0.4, -0.2) is 17.9 Å². The van der Waals surface area contributed by atoms with Crippen molar-refractivity contribution >= 4 is 34.6 Å². The molecule has 8 heteroatoms. The van der Waals surface area contributed by atoms with Crippen molar-refractivity contribution in [3.63, 3.8) is 0 Å². The first-order valence-electron chi connectivity index (χ1n) is 8.67. The number of amidine groups is 1. The molecule has 1 fully saturated rings. The zero-order valence-corrected chi connectivity index (χ0v) is 15.7. The number of benzene rings is 2. The largest absolute Gasteiger partial charge is 0.457 e. The van der Waals surface area contributed by atoms with Gasteiger partial charge in [-0.2, -0.15) is 0 Å². The van der Waals surface area contributed by atoms with Crippen molar-refractivity contribution in [1.82, 2.24) is 0 Å². The third-order valence-electron chi connectivity index (χ3n) is 4.48. The minimum atomic E-state index is -0.386. The maximum atomic E-state index is 13.9. The molecule has 1 amide bonds. The number of halogens is 1. The molecule has 1 N–H and O–H groups in total. The van der Waals surface area contributed by atoms with E-state index >= 15 is 0 Å². The molecule has 2 aliphatic rings. The molecule has 2 aromatic carbocycles. The lowest BCUT2D eigenvalue weighted by atomic mass is 10.1. The van der Waals surface area contributed by atoms with Crippen molar-refractivity contribution in [3.8, 4) is 22.8 Å². The first-order valence-corrected chi connectivity index (χ1v) is 9.49. The highest BCUT2D eigenvalue weighted by Gasteiger charge is 2.34. The molecule has 6 nitrogen and oxygen atoms in total. The summed E-state index contributed by atoms with van der Waals surface area (Å²) in [6, 6.07) is 14.7. The SMILES string of the molecule is N=C1S/C(=C\c2ccc(-c3ccccc3F)o2)C(=O)N1c1ccc2c(c1)OCO2. The van der Waals surface area contributed by atoms with Crippen LogP contribution >= 0.6 is 11.8 Å². The van der Waals surface area contributed by atoms with Crippen LogP contribution in [0.15, 0.2) is 63.9 Å². The summed E-state index contributed by atoms with van der Waals surface area (Å²) in [5, 5.41) is 8.28. The fourth-order valence-electron chi connectivity index (χ4n) is 3.11. The molecule has 0 aliphatic carbocycles. The van der Waals surface area contributed by atoms with Crippen LogP contribution in [-0.2, 0) is 4.79 Å². The standard InChI is InChI=1S/C21H13FN2O4S/c22-15-4-2-1-3-14(15)16-8-6-13(28-16)10-19-20(25)24(21(23)29-19)12-5-7-17-18(9-12)27-11-26-17/h1-10,23H,11H2/b19-10-,23-21?. The van der Waals surface area contributed by atoms with Crippen LogP contribution in [0.1, 0.15) is 5.76 Å². The van der Waals surface area contributed by atoms with E-state index in [1.807, 2.05) is 0 Å². The number of thioether (sulfide) groups is 1. The molecule has 2 aliphatic heterocycles. The summed E-state index contributed by atoms with van der Waals surface area (Å²) in [4.78, 5) is 14.5. The van der Waals surface area contributed by atoms with E-state index in [-0.39, 0.29) is 23.7 Å². The fraction of sp³-hybridized carbons (Fsp3) is 0.0476. The number of furan rings is 1. The Balaban J connectivity index is 1.43. The van der Waals surface area contributed by atoms with E-state index < -0.39 is 0 Å². The van der Waals surface area contributed by atoms with E-state index in [4.69, 9.17) is 19.3 Å². The normalized spacial score (nSPS) is 16.9. The van der Waals surface area contributed by atoms with Gasteiger partial charge in [0.1, 0.15) is 17.3 Å². The van der Waals surface area contributed by atoms with E-state index in [0.29, 0.717) is 39.2 Å². The minimum absolute atomic E-state index is 0.0704. The van der Waals surface area contributed by atoms with Gasteiger partial charge in [0.15, 0.2) is 16.7 Å². The zero-order valence-electron chi connectivity index (χ0n) is 14.8. The Morgan fingerprint density at radius 3 is 2.76 bits per heavy atom. The first-order chi connectivity index (χ1) is 14.1. The lowest BCUT2D eigenvalue weighted by molar-refractivity contribution is -0.113. The number of amides is 1. The number of nitrogens with one attached hydrogen (secondary N) is 1. The average Bonchev–Trinajstić information content (AvgIpc) is 3.42. The van der Waals surface area contributed by atoms with Crippen molar-refractivity contribution in [2.24, 2.45) is 0 Å². The Kier molecular flexibility index (Phi) is 4.13. The Morgan fingerprint density at radius 1 is 1.07 bits per heavy atom. The van der Waals surface area contributed by atoms with Crippen LogP contribution < -0.4 is 14.4 Å². The molecule has 3 heterocycles. The molecule has 0 spiro atoms. The number of rotatable bonds is 3. The lowest BCUT2D eigenvalue weighted by Crippen LogP contribution is -2.28. The van der Waals surface area contributed by atoms with Crippen LogP contribution in [0.5, 0.6) is 11.5 Å². The van der Waals surface area contributed by atoms with E-state index in [0.717, 1.165) is 11.8 Å². The average molecular weight is 408 g/mol. The summed E-state index contributed by atoms with van der Waals surface area (Å²) in [6.45, 7) is 0.132. The van der Waals surface area contributed by atoms with Gasteiger partial charge < -0.3 is 13.9 Å². The predicted octanol–water partition coefficient (Wildman–Crippen LogP) is 4.87. The van der Waals surface area contributed by atoms with Gasteiger partial charge >= 0.3 is 0 Å². The Bertz CT molecular complexity index is 1190. The maximum Gasteiger partial charge on any atom is 0.271 e. The van der Waals surface area contributed by atoms with Crippen LogP contribution in [0, 0.1) is 11.2 Å². The summed E-state index contributed by atoms with van der Waals surface area (Å²) in [6.07, 6.45) is 1.55. The molecule has 29 heavy (non-hydrogen) atoms. The second-order valence-corrected chi connectivity index (χ2v) is 7.31. The van der Waals surface area contributed by atoms with Gasteiger partial charge in [0.25, 0.3) is 5.91 Å². The third-order valence-corrected chi connectivity index (χ3v) is 5.37. The Hall–Kier alpha value is -3.52. The van der Waals surface area contributed by atoms with Crippen LogP contribution in [0.2, 0.25) is 0 Å². The van der Waals surface area contributed by atoms with Crippen LogP contribution in [0.25, 0.3) is 17.4 Å². The number of ether oxygens (including phenoxy) is 2. The fourth-order valence-corrected chi connectivity index (χ4v) is 3.95. The molecule has 0 radical (unpaired) electrons. The summed E-state index contributed by atoms with van der Waals surface area (Å²) in [5.74, 6) is 1.18. The number of anilines is 1. The number of carbonyl (C=O) groups is 1. The van der Waals surface area contributed by atoms with Crippen LogP contribution in [0.4, 0.5) is 10.1 Å². The van der Waals surface area contributed by atoms with Gasteiger partial charge in [-0.15, -0.1) is 0 Å². The highest BCUT2D eigenvalue weighted by Crippen LogP contribution is 2.40. The van der Waals surface area contributed by atoms with Gasteiger partial charge in [-0.05, 0) is 48.2 Å². The molecule has 0 bridgehead atoms. The van der Waals surface area contributed by atoms with E-state index in [1.165, 1.54) is 11.0 Å². The number of hydrogen-bond donors (Lipinski definition) is 1. The number of hydrogen-bond acceptors (Lipinski definition) is 6. The number of fused-ring (bicyclic) bond motifs is 1. The van der Waals surface area contributed by atoms with E-state index in [2.05, 4.69) is 0 Å². The summed E-state index contributed by atoms with van der Waals surface area (Å²) in [7, 11) is 0. The highest BCUT2D eigenvalue weighted by molar-refractivity contribution is 8.19. The first kappa shape index (κ1) is 17.6. The van der Waals surface area contributed by atoms with Crippen molar-refractivity contribution in [3.05, 3.63) is 71.1 Å². The molecule has 0 atom stereocenters. The number of nitrogens with zero attached hydrogens (tertiary/aromatic N) is 1. The minimum Gasteiger partial charge on any atom is -0.457 e. The predicted molar refractivity (Wildman–Crippen MR) is 107 cm³/mol. The van der Waals surface area contributed by atoms with E-state index in [1.54, 1.807) is 54.6 Å². The summed E-state index contributed by atoms with van der Waals surface area (Å²) in [5.41, 5.74) is 0.865. The van der Waals surface area contributed by atoms with E-state index in [9.17, 15) is 9.18 Å². The molecule has 144 valence electrons. The van der Waals surface area contributed by atoms with Crippen molar-refractivity contribution in [2.75, 3.05) is 11.7 Å². The Labute approximate surface area is 169 Å². The molecule has 1 aromatic heterocycles. The smallest absolute Gasteiger partial charge is 0.271 e. The van der Waals surface area contributed by atoms with Gasteiger partial charge in [-0.1, -0.05) is 12.1 Å². The Morgan fingerprint density at radius 2 is 1.90 bits per heavy atom. The maximum absolute atomic E-state index is 13.9. The lowest BCUT2D eigenvalue weighted by Gasteiger charge is -2.14. The molecule has 1 saturated heterocycles. The van der Waals surface area contributed by atoms with Gasteiger partial charge in [0, 0.05) is 12.1 Å². The summed E-state index contributed by atoms with van der Waals surface area (Å²) < 4.78 is 30.3. The van der Waals surface area contributed by atoms with Crippen molar-refractivity contribution in [1.29, 1.82) is 5.41 Å². The topological polar surface area (TPSA) is 75.8 Å². The van der Waals surface area contributed by atoms with Gasteiger partial charge in [0.05, 0.1) is 16.2 Å². The monoisotopic (exact) mass is 408 g/mol. The zero-order chi connectivity index (χ0) is 20.0. The summed E-state index contributed by atoms with van der Waals surface area (Å²) >= 11 is 1.03. The second kappa shape index (κ2) is 6.82. The van der Waals surface area contributed by atoms with Crippen molar-refractivity contribution in [2.45, 2.75) is 0 Å². The molecular weight excluding hydrogens is 395 g/mol. The van der Waals surface area contributed by atoms with Crippen LogP contribution in [0.3, 0.4) is 0 Å². The molecule has 3 aromatic rings. The molecule has 0 unspecified atom stereocenters. The van der Waals surface area contributed by atoms with Crippen molar-refractivity contribution < 1.29 is 23.1 Å². The van der Waals surface area contributed by atoms with Gasteiger partial charge in [-0.3, -0.25) is 15.1 Å². The molecule has 0 saturated carbocycles. The molecule has 5 rings (SSSR count). The molecular formula is C21H13FN2O4S.